The summed E-state index contributed by atoms with van der Waals surface area (Å²) in [6.07, 6.45) is 0.941. The molecule has 0 bridgehead atoms. The summed E-state index contributed by atoms with van der Waals surface area (Å²) in [5.74, 6) is 2.27. The summed E-state index contributed by atoms with van der Waals surface area (Å²) in [5, 5.41) is 0. The van der Waals surface area contributed by atoms with Gasteiger partial charge in [0.1, 0.15) is 11.5 Å². The predicted octanol–water partition coefficient (Wildman–Crippen LogP) is 5.73. The van der Waals surface area contributed by atoms with E-state index in [1.165, 1.54) is 0 Å². The van der Waals surface area contributed by atoms with Gasteiger partial charge in [-0.15, -0.1) is 0 Å². The number of hydrogen-bond acceptors (Lipinski definition) is 2. The van der Waals surface area contributed by atoms with Crippen molar-refractivity contribution in [3.63, 3.8) is 0 Å². The van der Waals surface area contributed by atoms with Crippen molar-refractivity contribution in [2.24, 2.45) is 17.1 Å². The second-order valence-electron chi connectivity index (χ2n) is 7.68. The highest BCUT2D eigenvalue weighted by atomic mass is 16.5. The minimum Gasteiger partial charge on any atom is -0.457 e. The van der Waals surface area contributed by atoms with Gasteiger partial charge in [-0.05, 0) is 54.5 Å². The van der Waals surface area contributed by atoms with Gasteiger partial charge in [0.2, 0.25) is 0 Å². The van der Waals surface area contributed by atoms with Gasteiger partial charge in [-0.2, -0.15) is 0 Å². The van der Waals surface area contributed by atoms with Crippen molar-refractivity contribution >= 4 is 0 Å². The van der Waals surface area contributed by atoms with Gasteiger partial charge in [0.05, 0.1) is 0 Å². The summed E-state index contributed by atoms with van der Waals surface area (Å²) in [4.78, 5) is 0. The molecule has 1 unspecified atom stereocenters. The third-order valence-electron chi connectivity index (χ3n) is 4.88. The van der Waals surface area contributed by atoms with Crippen LogP contribution in [-0.4, -0.2) is 0 Å². The summed E-state index contributed by atoms with van der Waals surface area (Å²) in [6.45, 7) is 11.2. The number of benzene rings is 2. The average Bonchev–Trinajstić information content (AvgIpc) is 2.47. The number of rotatable bonds is 6. The Morgan fingerprint density at radius 2 is 1.39 bits per heavy atom. The van der Waals surface area contributed by atoms with Crippen LogP contribution in [0.4, 0.5) is 0 Å². The lowest BCUT2D eigenvalue weighted by atomic mass is 9.70. The van der Waals surface area contributed by atoms with Crippen LogP contribution in [0.5, 0.6) is 11.5 Å². The summed E-state index contributed by atoms with van der Waals surface area (Å²) in [5.41, 5.74) is 7.62. The van der Waals surface area contributed by atoms with Gasteiger partial charge in [0.15, 0.2) is 0 Å². The molecule has 0 spiro atoms. The third-order valence-corrected chi connectivity index (χ3v) is 4.88. The maximum Gasteiger partial charge on any atom is 0.127 e. The average molecular weight is 311 g/mol. The maximum absolute atomic E-state index is 6.62. The van der Waals surface area contributed by atoms with Crippen molar-refractivity contribution in [1.82, 2.24) is 0 Å². The summed E-state index contributed by atoms with van der Waals surface area (Å²) in [7, 11) is 0. The highest BCUT2D eigenvalue weighted by molar-refractivity contribution is 5.35. The van der Waals surface area contributed by atoms with Crippen LogP contribution in [-0.2, 0) is 5.54 Å². The monoisotopic (exact) mass is 311 g/mol. The molecule has 2 N–H and O–H groups in total. The van der Waals surface area contributed by atoms with Crippen LogP contribution in [0.25, 0.3) is 0 Å². The fourth-order valence-electron chi connectivity index (χ4n) is 2.78. The Morgan fingerprint density at radius 3 is 1.91 bits per heavy atom. The number of ether oxygens (including phenoxy) is 1. The smallest absolute Gasteiger partial charge is 0.127 e. The number of para-hydroxylation sites is 1. The van der Waals surface area contributed by atoms with Crippen molar-refractivity contribution in [1.29, 1.82) is 0 Å². The van der Waals surface area contributed by atoms with Crippen LogP contribution in [0.1, 0.15) is 46.6 Å². The minimum absolute atomic E-state index is 0.197. The Morgan fingerprint density at radius 1 is 0.870 bits per heavy atom. The summed E-state index contributed by atoms with van der Waals surface area (Å²) < 4.78 is 5.84. The molecule has 2 heteroatoms. The van der Waals surface area contributed by atoms with Gasteiger partial charge in [0.25, 0.3) is 0 Å². The molecular weight excluding hydrogens is 282 g/mol. The van der Waals surface area contributed by atoms with Crippen LogP contribution in [0.15, 0.2) is 54.6 Å². The molecule has 0 radical (unpaired) electrons. The Hall–Kier alpha value is -1.80. The van der Waals surface area contributed by atoms with Crippen molar-refractivity contribution in [2.75, 3.05) is 0 Å². The Balaban J connectivity index is 2.12. The molecular formula is C21H29NO. The highest BCUT2D eigenvalue weighted by Gasteiger charge is 2.32. The molecule has 0 aliphatic carbocycles. The first-order valence-electron chi connectivity index (χ1n) is 8.33. The van der Waals surface area contributed by atoms with Gasteiger partial charge >= 0.3 is 0 Å². The van der Waals surface area contributed by atoms with Gasteiger partial charge in [0, 0.05) is 5.54 Å². The number of nitrogens with two attached hydrogens (primary N) is 1. The van der Waals surface area contributed by atoms with Gasteiger partial charge in [-0.3, -0.25) is 0 Å². The van der Waals surface area contributed by atoms with Gasteiger partial charge in [-0.1, -0.05) is 58.0 Å². The quantitative estimate of drug-likeness (QED) is 0.740. The van der Waals surface area contributed by atoms with Crippen molar-refractivity contribution in [3.8, 4) is 11.5 Å². The zero-order valence-electron chi connectivity index (χ0n) is 15.0. The van der Waals surface area contributed by atoms with E-state index in [1.54, 1.807) is 0 Å². The van der Waals surface area contributed by atoms with E-state index in [4.69, 9.17) is 10.5 Å². The molecule has 0 saturated heterocycles. The standard InChI is InChI=1S/C21H29NO/c1-16(2)20(3,4)15-21(5,22)17-11-13-19(14-12-17)23-18-9-7-6-8-10-18/h6-14,16H,15,22H2,1-5H3. The van der Waals surface area contributed by atoms with E-state index in [1.807, 2.05) is 42.5 Å². The van der Waals surface area contributed by atoms with E-state index in [0.29, 0.717) is 5.92 Å². The molecule has 0 amide bonds. The maximum atomic E-state index is 6.62. The Bertz CT molecular complexity index is 612. The normalized spacial score (nSPS) is 14.6. The highest BCUT2D eigenvalue weighted by Crippen LogP contribution is 2.38. The molecule has 2 rings (SSSR count). The Kier molecular flexibility index (Phi) is 5.16. The molecule has 0 heterocycles. The third kappa shape index (κ3) is 4.59. The zero-order valence-corrected chi connectivity index (χ0v) is 15.0. The fourth-order valence-corrected chi connectivity index (χ4v) is 2.78. The predicted molar refractivity (Wildman–Crippen MR) is 97.7 cm³/mol. The topological polar surface area (TPSA) is 35.2 Å². The van der Waals surface area contributed by atoms with Crippen LogP contribution in [0, 0.1) is 11.3 Å². The van der Waals surface area contributed by atoms with Crippen molar-refractivity contribution < 1.29 is 4.74 Å². The molecule has 0 aliphatic rings. The van der Waals surface area contributed by atoms with Gasteiger partial charge < -0.3 is 10.5 Å². The molecule has 2 nitrogen and oxygen atoms in total. The SMILES string of the molecule is CC(C)C(C)(C)CC(C)(N)c1ccc(Oc2ccccc2)cc1. The molecule has 2 aromatic rings. The zero-order chi connectivity index (χ0) is 17.1. The first-order chi connectivity index (χ1) is 10.7. The number of hydrogen-bond donors (Lipinski definition) is 1. The van der Waals surface area contributed by atoms with Crippen molar-refractivity contribution in [3.05, 3.63) is 60.2 Å². The Labute approximate surface area is 140 Å². The first-order valence-corrected chi connectivity index (χ1v) is 8.33. The van der Waals surface area contributed by atoms with Crippen LogP contribution in [0.3, 0.4) is 0 Å². The fraction of sp³-hybridized carbons (Fsp3) is 0.429. The molecule has 2 aromatic carbocycles. The van der Waals surface area contributed by atoms with E-state index in [2.05, 4.69) is 46.8 Å². The lowest BCUT2D eigenvalue weighted by molar-refractivity contribution is 0.175. The molecule has 0 aliphatic heterocycles. The van der Waals surface area contributed by atoms with Crippen LogP contribution >= 0.6 is 0 Å². The summed E-state index contributed by atoms with van der Waals surface area (Å²) in [6, 6.07) is 18.0. The largest absolute Gasteiger partial charge is 0.457 e. The van der Waals surface area contributed by atoms with E-state index in [0.717, 1.165) is 23.5 Å². The van der Waals surface area contributed by atoms with E-state index in [9.17, 15) is 0 Å². The minimum atomic E-state index is -0.348. The van der Waals surface area contributed by atoms with E-state index in [-0.39, 0.29) is 11.0 Å². The van der Waals surface area contributed by atoms with Crippen molar-refractivity contribution in [2.45, 2.75) is 46.6 Å². The molecule has 0 saturated carbocycles. The lowest BCUT2D eigenvalue weighted by Gasteiger charge is -2.38. The van der Waals surface area contributed by atoms with E-state index < -0.39 is 0 Å². The second-order valence-corrected chi connectivity index (χ2v) is 7.68. The molecule has 23 heavy (non-hydrogen) atoms. The first kappa shape index (κ1) is 17.6. The summed E-state index contributed by atoms with van der Waals surface area (Å²) >= 11 is 0. The molecule has 124 valence electrons. The van der Waals surface area contributed by atoms with Gasteiger partial charge in [-0.25, -0.2) is 0 Å². The molecule has 1 atom stereocenters. The van der Waals surface area contributed by atoms with Crippen LogP contribution < -0.4 is 10.5 Å². The lowest BCUT2D eigenvalue weighted by Crippen LogP contribution is -2.39. The van der Waals surface area contributed by atoms with Crippen LogP contribution in [0.2, 0.25) is 0 Å². The molecule has 0 fully saturated rings. The van der Waals surface area contributed by atoms with E-state index >= 15 is 0 Å². The second kappa shape index (κ2) is 6.76. The molecule has 0 aromatic heterocycles.